The van der Waals surface area contributed by atoms with Gasteiger partial charge < -0.3 is 4.90 Å². The summed E-state index contributed by atoms with van der Waals surface area (Å²) in [5.41, 5.74) is 0.184. The Morgan fingerprint density at radius 1 is 1.12 bits per heavy atom. The minimum Gasteiger partial charge on any atom is -0.338 e. The minimum absolute atomic E-state index is 0.0699. The average molecular weight is 239 g/mol. The predicted octanol–water partition coefficient (Wildman–Crippen LogP) is 4.02. The molecule has 0 aromatic rings. The summed E-state index contributed by atoms with van der Waals surface area (Å²) >= 11 is 0. The maximum atomic E-state index is 11.5. The van der Waals surface area contributed by atoms with Crippen LogP contribution in [0.3, 0.4) is 0 Å². The first-order valence-corrected chi connectivity index (χ1v) is 6.50. The first kappa shape index (κ1) is 16.2. The van der Waals surface area contributed by atoms with Gasteiger partial charge in [0, 0.05) is 19.0 Å². The zero-order valence-electron chi connectivity index (χ0n) is 12.6. The topological polar surface area (TPSA) is 20.3 Å². The molecule has 0 saturated carbocycles. The van der Waals surface area contributed by atoms with Crippen LogP contribution in [0.2, 0.25) is 0 Å². The van der Waals surface area contributed by atoms with Crippen LogP contribution >= 0.6 is 0 Å². The quantitative estimate of drug-likeness (QED) is 0.536. The molecular weight excluding hydrogens is 210 g/mol. The van der Waals surface area contributed by atoms with E-state index in [-0.39, 0.29) is 16.9 Å². The molecule has 2 nitrogen and oxygen atoms in total. The molecule has 0 aliphatic heterocycles. The minimum atomic E-state index is -0.0699. The lowest BCUT2D eigenvalue weighted by atomic mass is 9.96. The van der Waals surface area contributed by atoms with Crippen molar-refractivity contribution in [2.45, 2.75) is 66.8 Å². The number of amides is 1. The lowest BCUT2D eigenvalue weighted by Gasteiger charge is -2.35. The van der Waals surface area contributed by atoms with E-state index in [1.165, 1.54) is 0 Å². The highest BCUT2D eigenvalue weighted by molar-refractivity contribution is 5.74. The van der Waals surface area contributed by atoms with Crippen molar-refractivity contribution < 1.29 is 4.79 Å². The van der Waals surface area contributed by atoms with Crippen molar-refractivity contribution in [1.82, 2.24) is 4.90 Å². The third-order valence-corrected chi connectivity index (χ3v) is 2.56. The number of nitrogens with zero attached hydrogens (tertiary/aromatic N) is 1. The number of rotatable bonds is 4. The van der Waals surface area contributed by atoms with E-state index in [9.17, 15) is 4.79 Å². The Kier molecular flexibility index (Phi) is 5.94. The van der Waals surface area contributed by atoms with Crippen molar-refractivity contribution in [2.75, 3.05) is 6.54 Å². The monoisotopic (exact) mass is 239 g/mol. The van der Waals surface area contributed by atoms with E-state index in [0.717, 1.165) is 19.4 Å². The van der Waals surface area contributed by atoms with E-state index in [4.69, 9.17) is 0 Å². The van der Waals surface area contributed by atoms with Crippen LogP contribution in [0.5, 0.6) is 0 Å². The van der Waals surface area contributed by atoms with Crippen molar-refractivity contribution in [2.24, 2.45) is 5.41 Å². The zero-order chi connectivity index (χ0) is 13.7. The highest BCUT2D eigenvalue weighted by atomic mass is 16.2. The lowest BCUT2D eigenvalue weighted by Crippen LogP contribution is -2.44. The molecule has 0 unspecified atom stereocenters. The second-order valence-electron chi connectivity index (χ2n) is 6.75. The van der Waals surface area contributed by atoms with E-state index in [2.05, 4.69) is 53.7 Å². The Balaban J connectivity index is 4.10. The van der Waals surface area contributed by atoms with Gasteiger partial charge in [0.1, 0.15) is 0 Å². The van der Waals surface area contributed by atoms with Crippen LogP contribution in [0.1, 0.15) is 61.3 Å². The molecule has 0 aliphatic carbocycles. The van der Waals surface area contributed by atoms with Crippen LogP contribution < -0.4 is 0 Å². The van der Waals surface area contributed by atoms with Gasteiger partial charge in [-0.25, -0.2) is 0 Å². The first-order chi connectivity index (χ1) is 7.54. The van der Waals surface area contributed by atoms with Gasteiger partial charge in [-0.15, -0.1) is 0 Å². The van der Waals surface area contributed by atoms with E-state index < -0.39 is 0 Å². The second kappa shape index (κ2) is 6.23. The highest BCUT2D eigenvalue weighted by Gasteiger charge is 2.22. The van der Waals surface area contributed by atoms with E-state index in [1.54, 1.807) is 6.92 Å². The van der Waals surface area contributed by atoms with Gasteiger partial charge in [0.05, 0.1) is 0 Å². The fraction of sp³-hybridized carbons (Fsp3) is 0.800. The third-order valence-electron chi connectivity index (χ3n) is 2.56. The van der Waals surface area contributed by atoms with E-state index in [1.807, 2.05) is 4.90 Å². The van der Waals surface area contributed by atoms with E-state index >= 15 is 0 Å². The molecule has 0 fully saturated rings. The Hall–Kier alpha value is -0.790. The smallest absolute Gasteiger partial charge is 0.219 e. The van der Waals surface area contributed by atoms with Gasteiger partial charge in [0.2, 0.25) is 5.91 Å². The summed E-state index contributed by atoms with van der Waals surface area (Å²) < 4.78 is 0. The van der Waals surface area contributed by atoms with Crippen molar-refractivity contribution in [3.63, 3.8) is 0 Å². The molecule has 0 aromatic heterocycles. The molecule has 17 heavy (non-hydrogen) atoms. The maximum absolute atomic E-state index is 11.5. The normalized spacial score (nSPS) is 13.1. The maximum Gasteiger partial charge on any atom is 0.219 e. The molecule has 0 saturated heterocycles. The number of carbonyl (C=O) groups excluding carboxylic acids is 1. The Bertz CT molecular complexity index is 266. The molecule has 0 bridgehead atoms. The molecule has 0 aromatic carbocycles. The Labute approximate surface area is 107 Å². The SMILES string of the molecule is CC(=O)N(CCC/C=C\C(C)(C)C)C(C)(C)C. The fourth-order valence-corrected chi connectivity index (χ4v) is 1.77. The largest absolute Gasteiger partial charge is 0.338 e. The van der Waals surface area contributed by atoms with Gasteiger partial charge in [-0.3, -0.25) is 4.79 Å². The number of unbranched alkanes of at least 4 members (excludes halogenated alkanes) is 1. The van der Waals surface area contributed by atoms with Gasteiger partial charge >= 0.3 is 0 Å². The van der Waals surface area contributed by atoms with Gasteiger partial charge in [0.15, 0.2) is 0 Å². The number of carbonyl (C=O) groups is 1. The number of hydrogen-bond acceptors (Lipinski definition) is 1. The highest BCUT2D eigenvalue weighted by Crippen LogP contribution is 2.17. The number of allylic oxidation sites excluding steroid dienone is 2. The Morgan fingerprint density at radius 2 is 1.65 bits per heavy atom. The summed E-state index contributed by atoms with van der Waals surface area (Å²) in [5.74, 6) is 0.164. The number of hydrogen-bond donors (Lipinski definition) is 0. The average Bonchev–Trinajstić information content (AvgIpc) is 2.05. The molecule has 0 N–H and O–H groups in total. The third kappa shape index (κ3) is 8.00. The summed E-state index contributed by atoms with van der Waals surface area (Å²) in [5, 5.41) is 0. The standard InChI is InChI=1S/C15H29NO/c1-13(17)16(15(5,6)7)12-10-8-9-11-14(2,3)4/h9,11H,8,10,12H2,1-7H3/b11-9-. The molecule has 0 spiro atoms. The fourth-order valence-electron chi connectivity index (χ4n) is 1.77. The molecule has 0 heterocycles. The summed E-state index contributed by atoms with van der Waals surface area (Å²) in [7, 11) is 0. The lowest BCUT2D eigenvalue weighted by molar-refractivity contribution is -0.133. The van der Waals surface area contributed by atoms with Crippen LogP contribution in [0.25, 0.3) is 0 Å². The molecule has 100 valence electrons. The first-order valence-electron chi connectivity index (χ1n) is 6.50. The Morgan fingerprint density at radius 3 is 2.00 bits per heavy atom. The molecule has 0 aliphatic rings. The van der Waals surface area contributed by atoms with Crippen LogP contribution in [0.4, 0.5) is 0 Å². The van der Waals surface area contributed by atoms with Crippen LogP contribution in [-0.4, -0.2) is 22.9 Å². The van der Waals surface area contributed by atoms with Crippen LogP contribution in [0.15, 0.2) is 12.2 Å². The van der Waals surface area contributed by atoms with Crippen molar-refractivity contribution in [1.29, 1.82) is 0 Å². The van der Waals surface area contributed by atoms with Gasteiger partial charge in [-0.1, -0.05) is 32.9 Å². The zero-order valence-corrected chi connectivity index (χ0v) is 12.6. The van der Waals surface area contributed by atoms with Crippen LogP contribution in [-0.2, 0) is 4.79 Å². The van der Waals surface area contributed by atoms with Crippen molar-refractivity contribution >= 4 is 5.91 Å². The molecule has 0 atom stereocenters. The molecular formula is C15H29NO. The van der Waals surface area contributed by atoms with E-state index in [0.29, 0.717) is 0 Å². The summed E-state index contributed by atoms with van der Waals surface area (Å²) in [6.07, 6.45) is 6.53. The molecule has 2 heteroatoms. The summed E-state index contributed by atoms with van der Waals surface area (Å²) in [4.78, 5) is 13.5. The van der Waals surface area contributed by atoms with Gasteiger partial charge in [0.25, 0.3) is 0 Å². The molecule has 1 amide bonds. The van der Waals surface area contributed by atoms with Gasteiger partial charge in [-0.05, 0) is 39.0 Å². The van der Waals surface area contributed by atoms with Crippen molar-refractivity contribution in [3.8, 4) is 0 Å². The van der Waals surface area contributed by atoms with Gasteiger partial charge in [-0.2, -0.15) is 0 Å². The van der Waals surface area contributed by atoms with Crippen LogP contribution in [0, 0.1) is 5.41 Å². The summed E-state index contributed by atoms with van der Waals surface area (Å²) in [6.45, 7) is 15.3. The summed E-state index contributed by atoms with van der Waals surface area (Å²) in [6, 6.07) is 0. The van der Waals surface area contributed by atoms with Crippen molar-refractivity contribution in [3.05, 3.63) is 12.2 Å². The predicted molar refractivity (Wildman–Crippen MR) is 75.0 cm³/mol. The molecule has 0 rings (SSSR count). The second-order valence-corrected chi connectivity index (χ2v) is 6.75. The molecule has 0 radical (unpaired) electrons.